The summed E-state index contributed by atoms with van der Waals surface area (Å²) in [4.78, 5) is 8.82. The minimum Gasteiger partial charge on any atom is -0.392 e. The molecule has 0 aliphatic heterocycles. The molecular weight excluding hydrogens is 391 g/mol. The molecule has 3 heterocycles. The molecule has 0 aliphatic carbocycles. The van der Waals surface area contributed by atoms with E-state index in [-0.39, 0.29) is 12.4 Å². The maximum Gasteiger partial charge on any atom is 0.132 e. The number of aliphatic hydroxyl groups is 1. The number of hydrogen-bond acceptors (Lipinski definition) is 4. The molecule has 5 nitrogen and oxygen atoms in total. The van der Waals surface area contributed by atoms with Crippen LogP contribution in [0.2, 0.25) is 0 Å². The number of aromatic nitrogens is 3. The van der Waals surface area contributed by atoms with E-state index in [4.69, 9.17) is 5.73 Å². The molecule has 3 N–H and O–H groups in total. The molecule has 0 amide bonds. The predicted octanol–water partition coefficient (Wildman–Crippen LogP) is 4.97. The standard InChI is InChI=1S/C25H19FN4O/c26-19-7-5-17(6-8-19)22-13-23-18(14-29-22)12-24(21-2-1-11-28-25(21)27)30(23)20-9-3-16(15-31)4-10-20/h1-14,31H,15H2,(H2,27,28). The zero-order chi connectivity index (χ0) is 21.4. The topological polar surface area (TPSA) is 77.0 Å². The Morgan fingerprint density at radius 1 is 0.935 bits per heavy atom. The average Bonchev–Trinajstić information content (AvgIpc) is 3.18. The minimum atomic E-state index is -0.286. The van der Waals surface area contributed by atoms with Gasteiger partial charge in [0.2, 0.25) is 0 Å². The monoisotopic (exact) mass is 410 g/mol. The third-order valence-electron chi connectivity index (χ3n) is 5.32. The lowest BCUT2D eigenvalue weighted by molar-refractivity contribution is 0.282. The summed E-state index contributed by atoms with van der Waals surface area (Å²) in [5, 5.41) is 10.4. The molecule has 5 aromatic rings. The van der Waals surface area contributed by atoms with E-state index in [1.54, 1.807) is 18.3 Å². The molecule has 0 atom stereocenters. The van der Waals surface area contributed by atoms with Gasteiger partial charge in [0.15, 0.2) is 0 Å². The number of rotatable bonds is 4. The Morgan fingerprint density at radius 2 is 1.71 bits per heavy atom. The first-order valence-electron chi connectivity index (χ1n) is 9.82. The fourth-order valence-corrected chi connectivity index (χ4v) is 3.74. The van der Waals surface area contributed by atoms with Crippen molar-refractivity contribution in [1.29, 1.82) is 0 Å². The quantitative estimate of drug-likeness (QED) is 0.439. The number of hydrogen-bond donors (Lipinski definition) is 2. The van der Waals surface area contributed by atoms with Gasteiger partial charge in [-0.2, -0.15) is 0 Å². The largest absolute Gasteiger partial charge is 0.392 e. The lowest BCUT2D eigenvalue weighted by atomic mass is 10.1. The van der Waals surface area contributed by atoms with Crippen LogP contribution in [0.15, 0.2) is 85.2 Å². The first kappa shape index (κ1) is 19.0. The fourth-order valence-electron chi connectivity index (χ4n) is 3.74. The molecule has 0 saturated carbocycles. The van der Waals surface area contributed by atoms with E-state index < -0.39 is 0 Å². The SMILES string of the molecule is Nc1ncccc1-c1cc2cnc(-c3ccc(F)cc3)cc2n1-c1ccc(CO)cc1. The third-order valence-corrected chi connectivity index (χ3v) is 5.32. The highest BCUT2D eigenvalue weighted by Gasteiger charge is 2.16. The van der Waals surface area contributed by atoms with E-state index >= 15 is 0 Å². The molecule has 0 bridgehead atoms. The van der Waals surface area contributed by atoms with Crippen molar-refractivity contribution in [3.05, 3.63) is 96.6 Å². The van der Waals surface area contributed by atoms with E-state index in [2.05, 4.69) is 14.5 Å². The Bertz CT molecular complexity index is 1380. The van der Waals surface area contributed by atoms with Crippen LogP contribution >= 0.6 is 0 Å². The van der Waals surface area contributed by atoms with Crippen molar-refractivity contribution in [2.24, 2.45) is 0 Å². The maximum atomic E-state index is 13.4. The molecule has 0 aliphatic rings. The average molecular weight is 410 g/mol. The van der Waals surface area contributed by atoms with Crippen LogP contribution in [0.1, 0.15) is 5.56 Å². The van der Waals surface area contributed by atoms with E-state index in [9.17, 15) is 9.50 Å². The summed E-state index contributed by atoms with van der Waals surface area (Å²) in [6.07, 6.45) is 3.47. The van der Waals surface area contributed by atoms with Crippen molar-refractivity contribution in [2.45, 2.75) is 6.61 Å². The van der Waals surface area contributed by atoms with Gasteiger partial charge in [0.1, 0.15) is 11.6 Å². The zero-order valence-electron chi connectivity index (χ0n) is 16.5. The van der Waals surface area contributed by atoms with Crippen LogP contribution in [0.5, 0.6) is 0 Å². The van der Waals surface area contributed by atoms with Gasteiger partial charge in [-0.3, -0.25) is 4.98 Å². The van der Waals surface area contributed by atoms with Gasteiger partial charge in [0.05, 0.1) is 23.5 Å². The summed E-state index contributed by atoms with van der Waals surface area (Å²) in [6.45, 7) is -0.0201. The predicted molar refractivity (Wildman–Crippen MR) is 120 cm³/mol. The normalized spacial score (nSPS) is 11.2. The van der Waals surface area contributed by atoms with Gasteiger partial charge in [0, 0.05) is 34.6 Å². The Balaban J connectivity index is 1.77. The molecule has 5 rings (SSSR count). The third kappa shape index (κ3) is 3.43. The maximum absolute atomic E-state index is 13.4. The van der Waals surface area contributed by atoms with Gasteiger partial charge >= 0.3 is 0 Å². The van der Waals surface area contributed by atoms with Crippen molar-refractivity contribution in [3.8, 4) is 28.2 Å². The highest BCUT2D eigenvalue weighted by atomic mass is 19.1. The molecule has 0 spiro atoms. The molecular formula is C25H19FN4O. The highest BCUT2D eigenvalue weighted by molar-refractivity contribution is 5.92. The molecule has 31 heavy (non-hydrogen) atoms. The van der Waals surface area contributed by atoms with Crippen LogP contribution in [0, 0.1) is 5.82 Å². The Hall–Kier alpha value is -4.03. The first-order chi connectivity index (χ1) is 15.1. The molecule has 6 heteroatoms. The van der Waals surface area contributed by atoms with Crippen LogP contribution in [-0.4, -0.2) is 19.6 Å². The molecule has 0 radical (unpaired) electrons. The fraction of sp³-hybridized carbons (Fsp3) is 0.0400. The second kappa shape index (κ2) is 7.66. The summed E-state index contributed by atoms with van der Waals surface area (Å²) in [5.74, 6) is 0.150. The second-order valence-electron chi connectivity index (χ2n) is 7.26. The molecule has 0 unspecified atom stereocenters. The van der Waals surface area contributed by atoms with Gasteiger partial charge in [-0.15, -0.1) is 0 Å². The van der Waals surface area contributed by atoms with Crippen molar-refractivity contribution in [2.75, 3.05) is 5.73 Å². The molecule has 3 aromatic heterocycles. The van der Waals surface area contributed by atoms with Gasteiger partial charge in [-0.05, 0) is 66.2 Å². The summed E-state index contributed by atoms with van der Waals surface area (Å²) < 4.78 is 15.5. The van der Waals surface area contributed by atoms with E-state index in [1.165, 1.54) is 12.1 Å². The van der Waals surface area contributed by atoms with Crippen molar-refractivity contribution >= 4 is 16.7 Å². The summed E-state index contributed by atoms with van der Waals surface area (Å²) in [5.41, 5.74) is 12.1. The smallest absolute Gasteiger partial charge is 0.132 e. The first-order valence-corrected chi connectivity index (χ1v) is 9.82. The van der Waals surface area contributed by atoms with Gasteiger partial charge in [0.25, 0.3) is 0 Å². The number of fused-ring (bicyclic) bond motifs is 1. The molecule has 0 saturated heterocycles. The second-order valence-corrected chi connectivity index (χ2v) is 7.26. The van der Waals surface area contributed by atoms with Crippen LogP contribution in [0.3, 0.4) is 0 Å². The lowest BCUT2D eigenvalue weighted by Crippen LogP contribution is -2.00. The minimum absolute atomic E-state index is 0.0201. The van der Waals surface area contributed by atoms with E-state index in [1.807, 2.05) is 54.7 Å². The molecule has 152 valence electrons. The number of pyridine rings is 2. The van der Waals surface area contributed by atoms with Gasteiger partial charge < -0.3 is 15.4 Å². The zero-order valence-corrected chi connectivity index (χ0v) is 16.5. The number of benzene rings is 2. The van der Waals surface area contributed by atoms with E-state index in [0.29, 0.717) is 5.82 Å². The van der Waals surface area contributed by atoms with Crippen molar-refractivity contribution in [3.63, 3.8) is 0 Å². The van der Waals surface area contributed by atoms with Crippen LogP contribution in [0.4, 0.5) is 10.2 Å². The van der Waals surface area contributed by atoms with E-state index in [0.717, 1.165) is 44.7 Å². The number of aliphatic hydroxyl groups excluding tert-OH is 1. The van der Waals surface area contributed by atoms with Crippen LogP contribution in [0.25, 0.3) is 39.1 Å². The highest BCUT2D eigenvalue weighted by Crippen LogP contribution is 2.35. The Morgan fingerprint density at radius 3 is 2.42 bits per heavy atom. The Kier molecular flexibility index (Phi) is 4.69. The number of nitrogens with two attached hydrogens (primary N) is 1. The number of nitrogen functional groups attached to an aromatic ring is 1. The summed E-state index contributed by atoms with van der Waals surface area (Å²) in [7, 11) is 0. The lowest BCUT2D eigenvalue weighted by Gasteiger charge is -2.13. The Labute approximate surface area is 178 Å². The van der Waals surface area contributed by atoms with Gasteiger partial charge in [-0.25, -0.2) is 9.37 Å². The number of nitrogens with zero attached hydrogens (tertiary/aromatic N) is 3. The van der Waals surface area contributed by atoms with Crippen LogP contribution in [-0.2, 0) is 6.61 Å². The summed E-state index contributed by atoms with van der Waals surface area (Å²) >= 11 is 0. The molecule has 0 fully saturated rings. The number of halogens is 1. The van der Waals surface area contributed by atoms with Gasteiger partial charge in [-0.1, -0.05) is 12.1 Å². The summed E-state index contributed by atoms with van der Waals surface area (Å²) in [6, 6.07) is 21.8. The molecule has 2 aromatic carbocycles. The van der Waals surface area contributed by atoms with Crippen LogP contribution < -0.4 is 5.73 Å². The van der Waals surface area contributed by atoms with Crippen molar-refractivity contribution < 1.29 is 9.50 Å². The number of anilines is 1. The van der Waals surface area contributed by atoms with Crippen molar-refractivity contribution in [1.82, 2.24) is 14.5 Å².